The van der Waals surface area contributed by atoms with Crippen molar-refractivity contribution in [3.8, 4) is 17.7 Å². The van der Waals surface area contributed by atoms with Crippen LogP contribution in [0, 0.1) is 17.2 Å². The van der Waals surface area contributed by atoms with Crippen molar-refractivity contribution >= 4 is 5.91 Å². The highest BCUT2D eigenvalue weighted by Crippen LogP contribution is 2.48. The second kappa shape index (κ2) is 7.72. The number of carbonyl (C=O) groups is 1. The molecule has 28 heavy (non-hydrogen) atoms. The van der Waals surface area contributed by atoms with Gasteiger partial charge in [0.2, 0.25) is 11.7 Å². The van der Waals surface area contributed by atoms with E-state index in [-0.39, 0.29) is 17.0 Å². The van der Waals surface area contributed by atoms with E-state index in [0.29, 0.717) is 18.6 Å². The molecule has 144 valence electrons. The van der Waals surface area contributed by atoms with Crippen LogP contribution in [0.2, 0.25) is 0 Å². The Morgan fingerprint density at radius 3 is 2.68 bits per heavy atom. The highest BCUT2D eigenvalue weighted by atomic mass is 19.3. The van der Waals surface area contributed by atoms with Crippen molar-refractivity contribution in [2.24, 2.45) is 5.92 Å². The topological polar surface area (TPSA) is 87.9 Å². The first-order valence-corrected chi connectivity index (χ1v) is 8.71. The molecule has 0 radical (unpaired) electrons. The highest BCUT2D eigenvalue weighted by Gasteiger charge is 2.50. The number of hydrogen-bond acceptors (Lipinski definition) is 5. The Hall–Kier alpha value is -3.34. The van der Waals surface area contributed by atoms with E-state index in [9.17, 15) is 13.6 Å². The molecule has 1 aliphatic carbocycles. The van der Waals surface area contributed by atoms with Crippen molar-refractivity contribution in [2.75, 3.05) is 0 Å². The summed E-state index contributed by atoms with van der Waals surface area (Å²) in [5, 5.41) is 11.4. The van der Waals surface area contributed by atoms with Crippen LogP contribution in [0.3, 0.4) is 0 Å². The van der Waals surface area contributed by atoms with Crippen LogP contribution in [0.25, 0.3) is 0 Å². The smallest absolute Gasteiger partial charge is 0.309 e. The zero-order valence-electron chi connectivity index (χ0n) is 15.2. The first-order chi connectivity index (χ1) is 13.3. The zero-order valence-corrected chi connectivity index (χ0v) is 15.2. The van der Waals surface area contributed by atoms with Crippen molar-refractivity contribution in [1.29, 1.82) is 5.26 Å². The molecule has 0 aliphatic heterocycles. The number of nitrogens with one attached hydrogen (secondary N) is 1. The Morgan fingerprint density at radius 2 is 2.07 bits per heavy atom. The van der Waals surface area contributed by atoms with Gasteiger partial charge >= 0.3 is 5.92 Å². The molecule has 1 amide bonds. The molecule has 0 bridgehead atoms. The maximum Gasteiger partial charge on any atom is 0.309 e. The van der Waals surface area contributed by atoms with Crippen LogP contribution in [-0.2, 0) is 5.92 Å². The largest absolute Gasteiger partial charge is 0.438 e. The van der Waals surface area contributed by atoms with Gasteiger partial charge in [0.1, 0.15) is 11.3 Å². The minimum atomic E-state index is -3.19. The van der Waals surface area contributed by atoms with Crippen molar-refractivity contribution < 1.29 is 18.3 Å². The summed E-state index contributed by atoms with van der Waals surface area (Å²) >= 11 is 0. The van der Waals surface area contributed by atoms with E-state index >= 15 is 0 Å². The van der Waals surface area contributed by atoms with E-state index in [0.717, 1.165) is 6.20 Å². The predicted octanol–water partition coefficient (Wildman–Crippen LogP) is 3.97. The maximum atomic E-state index is 14.4. The number of aromatic nitrogens is 2. The third-order valence-corrected chi connectivity index (χ3v) is 4.36. The average Bonchev–Trinajstić information content (AvgIpc) is 3.53. The molecule has 1 aromatic heterocycles. The van der Waals surface area contributed by atoms with Gasteiger partial charge in [-0.15, -0.1) is 0 Å². The fourth-order valence-corrected chi connectivity index (χ4v) is 2.45. The molecular weight excluding hydrogens is 366 g/mol. The molecule has 0 unspecified atom stereocenters. The van der Waals surface area contributed by atoms with E-state index in [1.807, 2.05) is 6.07 Å². The van der Waals surface area contributed by atoms with Gasteiger partial charge in [0.05, 0.1) is 12.1 Å². The summed E-state index contributed by atoms with van der Waals surface area (Å²) in [5.41, 5.74) is 0.0356. The number of rotatable bonds is 7. The predicted molar refractivity (Wildman–Crippen MR) is 96.8 cm³/mol. The van der Waals surface area contributed by atoms with Crippen LogP contribution in [-0.4, -0.2) is 21.9 Å². The standard InChI is InChI=1S/C20H18F2N4O2/c1-12(10-23)13(2)25-17(27)16-11-24-19(20(21,22)14-8-9-14)26-18(16)28-15-6-4-3-5-7-15/h3-7,11,13-14H,1,8-9H2,2H3,(H,25,27)/t13-/m1/s1. The molecule has 6 nitrogen and oxygen atoms in total. The lowest BCUT2D eigenvalue weighted by atomic mass is 10.1. The van der Waals surface area contributed by atoms with Gasteiger partial charge < -0.3 is 10.1 Å². The van der Waals surface area contributed by atoms with Gasteiger partial charge in [-0.1, -0.05) is 24.8 Å². The number of para-hydroxylation sites is 1. The molecule has 3 rings (SSSR count). The minimum absolute atomic E-state index is 0.114. The second-order valence-corrected chi connectivity index (χ2v) is 6.56. The molecule has 1 saturated carbocycles. The Bertz CT molecular complexity index is 937. The monoisotopic (exact) mass is 384 g/mol. The van der Waals surface area contributed by atoms with Gasteiger partial charge in [-0.25, -0.2) is 4.98 Å². The lowest BCUT2D eigenvalue weighted by molar-refractivity contribution is -0.0379. The summed E-state index contributed by atoms with van der Waals surface area (Å²) in [7, 11) is 0. The number of benzene rings is 1. The van der Waals surface area contributed by atoms with Gasteiger partial charge in [-0.2, -0.15) is 19.0 Å². The number of carbonyl (C=O) groups excluding carboxylic acids is 1. The van der Waals surface area contributed by atoms with Crippen molar-refractivity contribution in [2.45, 2.75) is 31.7 Å². The number of halogens is 2. The molecule has 1 heterocycles. The molecule has 0 saturated heterocycles. The number of ether oxygens (including phenoxy) is 1. The molecule has 2 aromatic rings. The number of amides is 1. The number of alkyl halides is 2. The first-order valence-electron chi connectivity index (χ1n) is 8.71. The summed E-state index contributed by atoms with van der Waals surface area (Å²) in [4.78, 5) is 20.2. The van der Waals surface area contributed by atoms with Crippen molar-refractivity contribution in [1.82, 2.24) is 15.3 Å². The fourth-order valence-electron chi connectivity index (χ4n) is 2.45. The van der Waals surface area contributed by atoms with Gasteiger partial charge in [0.25, 0.3) is 5.91 Å². The van der Waals surface area contributed by atoms with Crippen LogP contribution < -0.4 is 10.1 Å². The van der Waals surface area contributed by atoms with Crippen molar-refractivity contribution in [3.05, 3.63) is 60.1 Å². The van der Waals surface area contributed by atoms with Crippen LogP contribution in [0.4, 0.5) is 8.78 Å². The van der Waals surface area contributed by atoms with E-state index in [1.165, 1.54) is 0 Å². The van der Waals surface area contributed by atoms with Crippen molar-refractivity contribution in [3.63, 3.8) is 0 Å². The van der Waals surface area contributed by atoms with Gasteiger partial charge in [0.15, 0.2) is 0 Å². The summed E-state index contributed by atoms with van der Waals surface area (Å²) in [6, 6.07) is 9.61. The minimum Gasteiger partial charge on any atom is -0.438 e. The van der Waals surface area contributed by atoms with E-state index < -0.39 is 29.6 Å². The lowest BCUT2D eigenvalue weighted by Gasteiger charge is -2.17. The average molecular weight is 384 g/mol. The highest BCUT2D eigenvalue weighted by molar-refractivity contribution is 5.96. The van der Waals surface area contributed by atoms with Gasteiger partial charge in [-0.3, -0.25) is 4.79 Å². The van der Waals surface area contributed by atoms with Crippen LogP contribution >= 0.6 is 0 Å². The van der Waals surface area contributed by atoms with E-state index in [2.05, 4.69) is 21.9 Å². The Morgan fingerprint density at radius 1 is 1.39 bits per heavy atom. The maximum absolute atomic E-state index is 14.4. The molecule has 0 spiro atoms. The molecule has 1 N–H and O–H groups in total. The summed E-state index contributed by atoms with van der Waals surface area (Å²) in [6.07, 6.45) is 1.83. The van der Waals surface area contributed by atoms with Gasteiger partial charge in [-0.05, 0) is 31.9 Å². The first kappa shape index (κ1) is 19.4. The lowest BCUT2D eigenvalue weighted by Crippen LogP contribution is -2.34. The number of hydrogen-bond donors (Lipinski definition) is 1. The molecule has 1 fully saturated rings. The third-order valence-electron chi connectivity index (χ3n) is 4.36. The third kappa shape index (κ3) is 4.14. The molecule has 1 atom stereocenters. The molecule has 1 aromatic carbocycles. The quantitative estimate of drug-likeness (QED) is 0.730. The number of nitriles is 1. The zero-order chi connectivity index (χ0) is 20.3. The second-order valence-electron chi connectivity index (χ2n) is 6.56. The Labute approximate surface area is 160 Å². The molecule has 8 heteroatoms. The van der Waals surface area contributed by atoms with Gasteiger partial charge in [0, 0.05) is 17.7 Å². The molecule has 1 aliphatic rings. The Kier molecular flexibility index (Phi) is 5.36. The van der Waals surface area contributed by atoms with Crippen LogP contribution in [0.5, 0.6) is 11.6 Å². The summed E-state index contributed by atoms with van der Waals surface area (Å²) < 4.78 is 34.5. The van der Waals surface area contributed by atoms with E-state index in [1.54, 1.807) is 37.3 Å². The number of nitrogens with zero attached hydrogens (tertiary/aromatic N) is 3. The summed E-state index contributed by atoms with van der Waals surface area (Å²) in [5.74, 6) is -5.25. The van der Waals surface area contributed by atoms with Crippen LogP contribution in [0.1, 0.15) is 35.9 Å². The van der Waals surface area contributed by atoms with E-state index in [4.69, 9.17) is 10.00 Å². The summed E-state index contributed by atoms with van der Waals surface area (Å²) in [6.45, 7) is 5.13. The SMILES string of the molecule is C=C(C#N)[C@@H](C)NC(=O)c1cnc(C(F)(F)C2CC2)nc1Oc1ccccc1. The molecular formula is C20H18F2N4O2. The fraction of sp³-hybridized carbons (Fsp3) is 0.300. The van der Waals surface area contributed by atoms with Crippen LogP contribution in [0.15, 0.2) is 48.7 Å². The normalized spacial score (nSPS) is 14.6. The Balaban J connectivity index is 1.95.